The van der Waals surface area contributed by atoms with Gasteiger partial charge in [0.05, 0.1) is 0 Å². The van der Waals surface area contributed by atoms with Gasteiger partial charge in [-0.3, -0.25) is 9.89 Å². The first-order valence-electron chi connectivity index (χ1n) is 7.83. The molecule has 6 nitrogen and oxygen atoms in total. The van der Waals surface area contributed by atoms with Crippen molar-refractivity contribution < 1.29 is 27.4 Å². The molecule has 0 saturated heterocycles. The van der Waals surface area contributed by atoms with Gasteiger partial charge in [-0.15, -0.1) is 13.2 Å². The second-order valence-corrected chi connectivity index (χ2v) is 5.86. The second-order valence-electron chi connectivity index (χ2n) is 5.86. The number of alkyl halides is 3. The predicted molar refractivity (Wildman–Crippen MR) is 80.5 cm³/mol. The van der Waals surface area contributed by atoms with Gasteiger partial charge in [-0.25, -0.2) is 0 Å². The van der Waals surface area contributed by atoms with E-state index in [0.717, 1.165) is 31.2 Å². The average molecular weight is 355 g/mol. The summed E-state index contributed by atoms with van der Waals surface area (Å²) in [5, 5.41) is 9.72. The van der Waals surface area contributed by atoms with Gasteiger partial charge in [0.25, 0.3) is 5.88 Å². The summed E-state index contributed by atoms with van der Waals surface area (Å²) in [7, 11) is 0. The van der Waals surface area contributed by atoms with Crippen molar-refractivity contribution in [2.45, 2.75) is 44.1 Å². The van der Waals surface area contributed by atoms with Crippen molar-refractivity contribution in [2.75, 3.05) is 0 Å². The van der Waals surface area contributed by atoms with Crippen LogP contribution in [0.4, 0.5) is 13.2 Å². The third-order valence-corrected chi connectivity index (χ3v) is 4.20. The Labute approximate surface area is 141 Å². The van der Waals surface area contributed by atoms with E-state index in [1.165, 1.54) is 12.1 Å². The molecule has 2 aromatic rings. The number of carbonyl (C=O) groups excluding carboxylic acids is 1. The molecule has 1 aliphatic carbocycles. The Kier molecular flexibility index (Phi) is 4.91. The smallest absolute Gasteiger partial charge is 0.472 e. The summed E-state index contributed by atoms with van der Waals surface area (Å²) in [5.41, 5.74) is 1.19. The van der Waals surface area contributed by atoms with Crippen molar-refractivity contribution in [3.63, 3.8) is 0 Å². The average Bonchev–Trinajstić information content (AvgIpc) is 3.02. The van der Waals surface area contributed by atoms with Crippen LogP contribution in [0.2, 0.25) is 0 Å². The van der Waals surface area contributed by atoms with Crippen LogP contribution in [0.1, 0.15) is 47.7 Å². The number of H-pyrrole nitrogens is 1. The fraction of sp³-hybridized carbons (Fsp3) is 0.438. The molecule has 1 aliphatic rings. The monoisotopic (exact) mass is 355 g/mol. The fourth-order valence-electron chi connectivity index (χ4n) is 3.00. The maximum absolute atomic E-state index is 12.2. The van der Waals surface area contributed by atoms with E-state index in [0.29, 0.717) is 6.29 Å². The lowest BCUT2D eigenvalue weighted by Gasteiger charge is -2.28. The Hall–Kier alpha value is -2.58. The summed E-state index contributed by atoms with van der Waals surface area (Å²) >= 11 is 0. The number of nitrogens with zero attached hydrogens (tertiary/aromatic N) is 2. The van der Waals surface area contributed by atoms with Gasteiger partial charge in [0.2, 0.25) is 0 Å². The lowest BCUT2D eigenvalue weighted by Crippen LogP contribution is -2.24. The quantitative estimate of drug-likeness (QED) is 0.829. The Balaban J connectivity index is 1.54. The fourth-order valence-corrected chi connectivity index (χ4v) is 3.00. The minimum atomic E-state index is -4.68. The maximum atomic E-state index is 12.2. The highest BCUT2D eigenvalue weighted by Crippen LogP contribution is 2.35. The Morgan fingerprint density at radius 1 is 1.12 bits per heavy atom. The van der Waals surface area contributed by atoms with Crippen LogP contribution in [0.25, 0.3) is 0 Å². The van der Waals surface area contributed by atoms with Crippen LogP contribution < -0.4 is 9.47 Å². The standard InChI is InChI=1S/C16H16F3N3O3/c17-16(18,19)25-13-7-3-11(4-8-13)10-1-5-12(6-2-10)24-15-14(9-23)20-22-21-15/h3-4,7-10,12H,1-2,5-6H2,(H,20,21,22)/t10-,12-. The van der Waals surface area contributed by atoms with Crippen LogP contribution in [0.3, 0.4) is 0 Å². The number of hydrogen-bond donors (Lipinski definition) is 1. The number of aldehydes is 1. The van der Waals surface area contributed by atoms with Crippen molar-refractivity contribution in [3.8, 4) is 11.6 Å². The first-order valence-corrected chi connectivity index (χ1v) is 7.83. The minimum Gasteiger partial charge on any atom is -0.472 e. The maximum Gasteiger partial charge on any atom is 0.573 e. The number of carbonyl (C=O) groups is 1. The molecule has 1 heterocycles. The molecule has 1 N–H and O–H groups in total. The number of aromatic amines is 1. The molecule has 134 valence electrons. The van der Waals surface area contributed by atoms with Gasteiger partial charge in [0, 0.05) is 0 Å². The van der Waals surface area contributed by atoms with Crippen molar-refractivity contribution in [1.82, 2.24) is 15.4 Å². The number of halogens is 3. The van der Waals surface area contributed by atoms with Gasteiger partial charge in [-0.2, -0.15) is 0 Å². The van der Waals surface area contributed by atoms with E-state index in [4.69, 9.17) is 4.74 Å². The summed E-state index contributed by atoms with van der Waals surface area (Å²) in [4.78, 5) is 10.8. The van der Waals surface area contributed by atoms with E-state index < -0.39 is 6.36 Å². The summed E-state index contributed by atoms with van der Waals surface area (Å²) < 4.78 is 46.1. The molecule has 1 saturated carbocycles. The Morgan fingerprint density at radius 2 is 1.80 bits per heavy atom. The number of aromatic nitrogens is 3. The second kappa shape index (κ2) is 7.12. The summed E-state index contributed by atoms with van der Waals surface area (Å²) in [6.07, 6.45) is -0.957. The highest BCUT2D eigenvalue weighted by molar-refractivity contribution is 5.74. The van der Waals surface area contributed by atoms with E-state index in [9.17, 15) is 18.0 Å². The largest absolute Gasteiger partial charge is 0.573 e. The number of rotatable bonds is 5. The van der Waals surface area contributed by atoms with E-state index >= 15 is 0 Å². The molecule has 3 rings (SSSR count). The van der Waals surface area contributed by atoms with Gasteiger partial charge < -0.3 is 9.47 Å². The SMILES string of the molecule is O=Cc1[nH]nnc1O[C@H]1CC[C@H](c2ccc(OC(F)(F)F)cc2)CC1. The van der Waals surface area contributed by atoms with Crippen LogP contribution in [-0.2, 0) is 0 Å². The van der Waals surface area contributed by atoms with E-state index in [2.05, 4.69) is 20.1 Å². The molecule has 0 spiro atoms. The third kappa shape index (κ3) is 4.49. The molecule has 9 heteroatoms. The number of hydrogen-bond acceptors (Lipinski definition) is 5. The van der Waals surface area contributed by atoms with E-state index in [1.54, 1.807) is 12.1 Å². The molecule has 0 radical (unpaired) electrons. The van der Waals surface area contributed by atoms with Crippen LogP contribution in [-0.4, -0.2) is 34.2 Å². The molecule has 25 heavy (non-hydrogen) atoms. The van der Waals surface area contributed by atoms with Gasteiger partial charge in [-0.1, -0.05) is 22.4 Å². The van der Waals surface area contributed by atoms with E-state index in [-0.39, 0.29) is 29.3 Å². The zero-order valence-electron chi connectivity index (χ0n) is 13.1. The van der Waals surface area contributed by atoms with E-state index in [1.807, 2.05) is 0 Å². The molecular weight excluding hydrogens is 339 g/mol. The van der Waals surface area contributed by atoms with Crippen molar-refractivity contribution in [3.05, 3.63) is 35.5 Å². The van der Waals surface area contributed by atoms with Gasteiger partial charge in [0.1, 0.15) is 11.9 Å². The minimum absolute atomic E-state index is 0.0621. The molecule has 0 bridgehead atoms. The van der Waals surface area contributed by atoms with Crippen LogP contribution in [0.15, 0.2) is 24.3 Å². The zero-order chi connectivity index (χ0) is 17.9. The van der Waals surface area contributed by atoms with Crippen LogP contribution >= 0.6 is 0 Å². The highest BCUT2D eigenvalue weighted by atomic mass is 19.4. The zero-order valence-corrected chi connectivity index (χ0v) is 13.1. The lowest BCUT2D eigenvalue weighted by atomic mass is 9.83. The highest BCUT2D eigenvalue weighted by Gasteiger charge is 2.31. The topological polar surface area (TPSA) is 77.1 Å². The molecule has 1 aromatic carbocycles. The summed E-state index contributed by atoms with van der Waals surface area (Å²) in [6, 6.07) is 5.98. The van der Waals surface area contributed by atoms with Gasteiger partial charge in [0.15, 0.2) is 12.0 Å². The Bertz CT molecular complexity index is 707. The van der Waals surface area contributed by atoms with Crippen molar-refractivity contribution in [2.24, 2.45) is 0 Å². The summed E-state index contributed by atoms with van der Waals surface area (Å²) in [5.74, 6) is 0.232. The predicted octanol–water partition coefficient (Wildman–Crippen LogP) is 3.62. The van der Waals surface area contributed by atoms with Crippen molar-refractivity contribution in [1.29, 1.82) is 0 Å². The number of nitrogens with one attached hydrogen (secondary N) is 1. The molecule has 1 aromatic heterocycles. The van der Waals surface area contributed by atoms with Crippen molar-refractivity contribution >= 4 is 6.29 Å². The normalized spacial score (nSPS) is 20.9. The molecule has 0 unspecified atom stereocenters. The van der Waals surface area contributed by atoms with Gasteiger partial charge in [-0.05, 0) is 49.3 Å². The van der Waals surface area contributed by atoms with Crippen LogP contribution in [0.5, 0.6) is 11.6 Å². The summed E-state index contributed by atoms with van der Waals surface area (Å²) in [6.45, 7) is 0. The molecule has 1 fully saturated rings. The lowest BCUT2D eigenvalue weighted by molar-refractivity contribution is -0.274. The molecule has 0 aliphatic heterocycles. The molecule has 0 atom stereocenters. The number of benzene rings is 1. The molecule has 0 amide bonds. The third-order valence-electron chi connectivity index (χ3n) is 4.20. The molecular formula is C16H16F3N3O3. The van der Waals surface area contributed by atoms with Gasteiger partial charge >= 0.3 is 6.36 Å². The first kappa shape index (κ1) is 17.2. The Morgan fingerprint density at radius 3 is 2.40 bits per heavy atom. The first-order chi connectivity index (χ1) is 11.9. The van der Waals surface area contributed by atoms with Crippen LogP contribution in [0, 0.1) is 0 Å². The number of ether oxygens (including phenoxy) is 2.